The number of halogens is 1. The van der Waals surface area contributed by atoms with Crippen molar-refractivity contribution in [3.8, 4) is 5.75 Å². The maximum Gasteiger partial charge on any atom is 0.257 e. The topological polar surface area (TPSA) is 70.2 Å². The van der Waals surface area contributed by atoms with Gasteiger partial charge in [-0.05, 0) is 50.3 Å². The number of fused-ring (bicyclic) bond motifs is 1. The third-order valence-corrected chi connectivity index (χ3v) is 6.36. The molecule has 0 saturated carbocycles. The van der Waals surface area contributed by atoms with Crippen LogP contribution in [0.5, 0.6) is 5.75 Å². The van der Waals surface area contributed by atoms with Crippen molar-refractivity contribution in [1.29, 1.82) is 0 Å². The van der Waals surface area contributed by atoms with Crippen molar-refractivity contribution in [2.24, 2.45) is 5.92 Å². The van der Waals surface area contributed by atoms with E-state index in [1.54, 1.807) is 37.1 Å². The fraction of sp³-hybridized carbons (Fsp3) is 0.609. The van der Waals surface area contributed by atoms with Crippen LogP contribution in [0, 0.1) is 5.92 Å². The van der Waals surface area contributed by atoms with Crippen LogP contribution in [-0.4, -0.2) is 78.8 Å². The summed E-state index contributed by atoms with van der Waals surface area (Å²) >= 11 is 6.10. The molecule has 0 aromatic heterocycles. The highest BCUT2D eigenvalue weighted by molar-refractivity contribution is 6.31. The quantitative estimate of drug-likeness (QED) is 0.660. The summed E-state index contributed by atoms with van der Waals surface area (Å²) in [5.41, 5.74) is 0.472. The van der Waals surface area contributed by atoms with Crippen LogP contribution in [-0.2, 0) is 9.59 Å². The SMILES string of the molecule is CC(=O)N1CCC(C(=O)N2CCCCN(C)C(=O)c3cc(Cl)ccc3OCCC2)CC1. The Morgan fingerprint density at radius 3 is 2.39 bits per heavy atom. The average Bonchev–Trinajstić information content (AvgIpc) is 2.78. The Bertz CT molecular complexity index is 808. The van der Waals surface area contributed by atoms with Gasteiger partial charge in [0.05, 0.1) is 12.2 Å². The predicted molar refractivity (Wildman–Crippen MR) is 119 cm³/mol. The maximum absolute atomic E-state index is 13.2. The van der Waals surface area contributed by atoms with E-state index in [4.69, 9.17) is 16.3 Å². The first-order chi connectivity index (χ1) is 14.9. The van der Waals surface area contributed by atoms with Crippen LogP contribution >= 0.6 is 11.6 Å². The number of carbonyl (C=O) groups excluding carboxylic acids is 3. The molecule has 2 aliphatic heterocycles. The lowest BCUT2D eigenvalue weighted by Gasteiger charge is -2.34. The van der Waals surface area contributed by atoms with Crippen LogP contribution in [0.25, 0.3) is 0 Å². The molecule has 7 nitrogen and oxygen atoms in total. The molecule has 31 heavy (non-hydrogen) atoms. The molecular weight excluding hydrogens is 418 g/mol. The predicted octanol–water partition coefficient (Wildman–Crippen LogP) is 3.06. The molecule has 1 saturated heterocycles. The van der Waals surface area contributed by atoms with Crippen molar-refractivity contribution in [3.05, 3.63) is 28.8 Å². The molecule has 170 valence electrons. The zero-order valence-electron chi connectivity index (χ0n) is 18.4. The van der Waals surface area contributed by atoms with Gasteiger partial charge in [-0.2, -0.15) is 0 Å². The van der Waals surface area contributed by atoms with Crippen LogP contribution in [0.1, 0.15) is 49.4 Å². The van der Waals surface area contributed by atoms with Gasteiger partial charge in [0.15, 0.2) is 0 Å². The summed E-state index contributed by atoms with van der Waals surface area (Å²) in [6.07, 6.45) is 3.77. The molecule has 3 amide bonds. The molecule has 0 unspecified atom stereocenters. The summed E-state index contributed by atoms with van der Waals surface area (Å²) in [6, 6.07) is 5.10. The average molecular weight is 450 g/mol. The Kier molecular flexibility index (Phi) is 8.18. The molecule has 2 heterocycles. The molecule has 0 radical (unpaired) electrons. The lowest BCUT2D eigenvalue weighted by atomic mass is 9.95. The molecule has 1 aromatic rings. The Morgan fingerprint density at radius 2 is 1.68 bits per heavy atom. The molecule has 8 heteroatoms. The van der Waals surface area contributed by atoms with Crippen molar-refractivity contribution in [2.45, 2.75) is 39.0 Å². The largest absolute Gasteiger partial charge is 0.493 e. The fourth-order valence-electron chi connectivity index (χ4n) is 4.22. The molecular formula is C23H32ClN3O4. The molecule has 0 N–H and O–H groups in total. The van der Waals surface area contributed by atoms with Crippen molar-refractivity contribution in [3.63, 3.8) is 0 Å². The van der Waals surface area contributed by atoms with E-state index in [1.165, 1.54) is 0 Å². The van der Waals surface area contributed by atoms with E-state index >= 15 is 0 Å². The van der Waals surface area contributed by atoms with Gasteiger partial charge in [0.1, 0.15) is 5.75 Å². The number of amides is 3. The molecule has 1 fully saturated rings. The summed E-state index contributed by atoms with van der Waals surface area (Å²) in [5.74, 6) is 0.636. The minimum atomic E-state index is -0.109. The van der Waals surface area contributed by atoms with Crippen molar-refractivity contribution in [2.75, 3.05) is 46.4 Å². The Hall–Kier alpha value is -2.28. The van der Waals surface area contributed by atoms with E-state index < -0.39 is 0 Å². The van der Waals surface area contributed by atoms with Gasteiger partial charge in [-0.1, -0.05) is 11.6 Å². The first kappa shape index (κ1) is 23.4. The van der Waals surface area contributed by atoms with Crippen LogP contribution in [0.4, 0.5) is 0 Å². The third kappa shape index (κ3) is 6.12. The number of nitrogens with zero attached hydrogens (tertiary/aromatic N) is 3. The van der Waals surface area contributed by atoms with Crippen LogP contribution in [0.2, 0.25) is 5.02 Å². The van der Waals surface area contributed by atoms with Crippen LogP contribution in [0.3, 0.4) is 0 Å². The lowest BCUT2D eigenvalue weighted by molar-refractivity contribution is -0.140. The van der Waals surface area contributed by atoms with Gasteiger partial charge >= 0.3 is 0 Å². The molecule has 0 atom stereocenters. The number of likely N-dealkylation sites (tertiary alicyclic amines) is 1. The lowest BCUT2D eigenvalue weighted by Crippen LogP contribution is -2.44. The van der Waals surface area contributed by atoms with Gasteiger partial charge in [0.2, 0.25) is 11.8 Å². The summed E-state index contributed by atoms with van der Waals surface area (Å²) in [4.78, 5) is 43.0. The highest BCUT2D eigenvalue weighted by atomic mass is 35.5. The zero-order chi connectivity index (χ0) is 22.4. The van der Waals surface area contributed by atoms with Gasteiger partial charge < -0.3 is 19.4 Å². The Balaban J connectivity index is 1.65. The standard InChI is InChI=1S/C23H32ClN3O4/c1-17(28)26-13-8-18(9-14-26)22(29)27-11-4-3-10-25(2)23(30)20-16-19(24)6-7-21(20)31-15-5-12-27/h6-7,16,18H,3-5,8-15H2,1-2H3. The minimum absolute atomic E-state index is 0.0284. The number of carbonyl (C=O) groups is 3. The number of piperidine rings is 1. The normalized spacial score (nSPS) is 19.6. The minimum Gasteiger partial charge on any atom is -0.493 e. The number of ether oxygens (including phenoxy) is 1. The second-order valence-electron chi connectivity index (χ2n) is 8.38. The number of hydrogen-bond acceptors (Lipinski definition) is 4. The van der Waals surface area contributed by atoms with Crippen LogP contribution in [0.15, 0.2) is 18.2 Å². The highest BCUT2D eigenvalue weighted by Gasteiger charge is 2.29. The van der Waals surface area contributed by atoms with E-state index in [0.717, 1.165) is 25.7 Å². The zero-order valence-corrected chi connectivity index (χ0v) is 19.2. The Labute approximate surface area is 189 Å². The highest BCUT2D eigenvalue weighted by Crippen LogP contribution is 2.25. The number of hydrogen-bond donors (Lipinski definition) is 0. The summed E-state index contributed by atoms with van der Waals surface area (Å²) in [5, 5.41) is 0.501. The first-order valence-electron chi connectivity index (χ1n) is 11.1. The van der Waals surface area contributed by atoms with Gasteiger partial charge in [-0.15, -0.1) is 0 Å². The molecule has 0 aliphatic carbocycles. The molecule has 1 aromatic carbocycles. The number of benzene rings is 1. The van der Waals surface area contributed by atoms with Crippen molar-refractivity contribution >= 4 is 29.3 Å². The van der Waals surface area contributed by atoms with Crippen molar-refractivity contribution < 1.29 is 19.1 Å². The van der Waals surface area contributed by atoms with Crippen molar-refractivity contribution in [1.82, 2.24) is 14.7 Å². The Morgan fingerprint density at radius 1 is 1.00 bits per heavy atom. The van der Waals surface area contributed by atoms with Gasteiger partial charge in [0, 0.05) is 57.6 Å². The third-order valence-electron chi connectivity index (χ3n) is 6.12. The molecule has 0 spiro atoms. The van der Waals surface area contributed by atoms with E-state index in [9.17, 15) is 14.4 Å². The van der Waals surface area contributed by atoms with E-state index in [1.807, 2.05) is 9.80 Å². The summed E-state index contributed by atoms with van der Waals surface area (Å²) in [7, 11) is 1.78. The van der Waals surface area contributed by atoms with Crippen LogP contribution < -0.4 is 4.74 Å². The molecule has 2 aliphatic rings. The van der Waals surface area contributed by atoms with Gasteiger partial charge in [-0.25, -0.2) is 0 Å². The van der Waals surface area contributed by atoms with E-state index in [2.05, 4.69) is 0 Å². The van der Waals surface area contributed by atoms with E-state index in [0.29, 0.717) is 62.1 Å². The smallest absolute Gasteiger partial charge is 0.257 e. The van der Waals surface area contributed by atoms with Gasteiger partial charge in [0.25, 0.3) is 5.91 Å². The number of rotatable bonds is 1. The fourth-order valence-corrected chi connectivity index (χ4v) is 4.40. The molecule has 0 bridgehead atoms. The second kappa shape index (κ2) is 10.8. The first-order valence-corrected chi connectivity index (χ1v) is 11.5. The summed E-state index contributed by atoms with van der Waals surface area (Å²) in [6.45, 7) is 5.19. The summed E-state index contributed by atoms with van der Waals surface area (Å²) < 4.78 is 5.90. The maximum atomic E-state index is 13.2. The van der Waals surface area contributed by atoms with E-state index in [-0.39, 0.29) is 23.6 Å². The molecule has 3 rings (SSSR count). The van der Waals surface area contributed by atoms with Gasteiger partial charge in [-0.3, -0.25) is 14.4 Å². The monoisotopic (exact) mass is 449 g/mol. The second-order valence-corrected chi connectivity index (χ2v) is 8.82.